The van der Waals surface area contributed by atoms with Crippen LogP contribution in [0.3, 0.4) is 0 Å². The molecule has 0 amide bonds. The molecule has 3 fully saturated rings. The zero-order chi connectivity index (χ0) is 17.3. The summed E-state index contributed by atoms with van der Waals surface area (Å²) in [6.07, 6.45) is 4.08. The molecule has 0 spiro atoms. The summed E-state index contributed by atoms with van der Waals surface area (Å²) in [5.74, 6) is 2.43. The molecule has 0 aliphatic carbocycles. The lowest BCUT2D eigenvalue weighted by atomic mass is 9.95. The first-order valence-electron chi connectivity index (χ1n) is 8.12. The Kier molecular flexibility index (Phi) is 5.50. The van der Waals surface area contributed by atoms with E-state index in [9.17, 15) is 8.42 Å². The molecular weight excluding hydrogens is 350 g/mol. The van der Waals surface area contributed by atoms with E-state index < -0.39 is 10.2 Å². The van der Waals surface area contributed by atoms with Gasteiger partial charge in [-0.3, -0.25) is 4.90 Å². The van der Waals surface area contributed by atoms with Crippen LogP contribution < -0.4 is 0 Å². The van der Waals surface area contributed by atoms with Gasteiger partial charge in [0.1, 0.15) is 0 Å². The fourth-order valence-electron chi connectivity index (χ4n) is 3.46. The second kappa shape index (κ2) is 7.28. The Labute approximate surface area is 147 Å². The smallest absolute Gasteiger partial charge is 0.281 e. The van der Waals surface area contributed by atoms with Crippen molar-refractivity contribution in [3.63, 3.8) is 0 Å². The minimum atomic E-state index is -3.36. The van der Waals surface area contributed by atoms with Gasteiger partial charge in [-0.05, 0) is 25.0 Å². The average molecular weight is 376 g/mol. The molecule has 0 unspecified atom stereocenters. The van der Waals surface area contributed by atoms with E-state index in [-0.39, 0.29) is 6.04 Å². The minimum absolute atomic E-state index is 0.203. The van der Waals surface area contributed by atoms with Gasteiger partial charge in [0.05, 0.1) is 12.3 Å². The molecule has 3 saturated heterocycles. The summed E-state index contributed by atoms with van der Waals surface area (Å²) in [6.45, 7) is 2.60. The molecule has 2 atom stereocenters. The normalized spacial score (nSPS) is 26.2. The van der Waals surface area contributed by atoms with E-state index in [4.69, 9.17) is 4.52 Å². The largest absolute Gasteiger partial charge is 0.338 e. The lowest BCUT2D eigenvalue weighted by Gasteiger charge is -2.35. The number of hydrogen-bond donors (Lipinski definition) is 0. The van der Waals surface area contributed by atoms with Crippen LogP contribution in [-0.4, -0.2) is 78.1 Å². The third-order valence-corrected chi connectivity index (χ3v) is 7.12. The lowest BCUT2D eigenvalue weighted by Crippen LogP contribution is -2.45. The minimum Gasteiger partial charge on any atom is -0.338 e. The molecule has 136 valence electrons. The van der Waals surface area contributed by atoms with Crippen molar-refractivity contribution in [3.8, 4) is 0 Å². The molecule has 0 radical (unpaired) electrons. The first-order valence-corrected chi connectivity index (χ1v) is 10.9. The van der Waals surface area contributed by atoms with Gasteiger partial charge >= 0.3 is 0 Å². The Bertz CT molecular complexity index is 663. The second-order valence-corrected chi connectivity index (χ2v) is 9.68. The SMILES string of the molecule is CSCc1noc(CN2C[C@H]3CC[C@@H]2CN(S(=O)(=O)N(C)C)C3)n1. The molecule has 10 heteroatoms. The van der Waals surface area contributed by atoms with Crippen molar-refractivity contribution in [2.45, 2.75) is 31.2 Å². The maximum Gasteiger partial charge on any atom is 0.281 e. The molecular formula is C14H25N5O3S2. The summed E-state index contributed by atoms with van der Waals surface area (Å²) in [4.78, 5) is 6.73. The Balaban J connectivity index is 1.71. The number of piperidine rings is 1. The lowest BCUT2D eigenvalue weighted by molar-refractivity contribution is 0.111. The van der Waals surface area contributed by atoms with Crippen LogP contribution in [0.5, 0.6) is 0 Å². The quantitative estimate of drug-likeness (QED) is 0.721. The number of aromatic nitrogens is 2. The summed E-state index contributed by atoms with van der Waals surface area (Å²) < 4.78 is 33.2. The third-order valence-electron chi connectivity index (χ3n) is 4.70. The van der Waals surface area contributed by atoms with Crippen LogP contribution in [0.1, 0.15) is 24.6 Å². The molecule has 0 aromatic carbocycles. The van der Waals surface area contributed by atoms with Gasteiger partial charge in [0.15, 0.2) is 5.82 Å². The Morgan fingerprint density at radius 2 is 2.08 bits per heavy atom. The molecule has 0 N–H and O–H groups in total. The molecule has 1 aromatic heterocycles. The van der Waals surface area contributed by atoms with Gasteiger partial charge in [-0.2, -0.15) is 33.8 Å². The van der Waals surface area contributed by atoms with E-state index in [1.165, 1.54) is 4.31 Å². The van der Waals surface area contributed by atoms with Gasteiger partial charge in [0, 0.05) is 39.8 Å². The van der Waals surface area contributed by atoms with Gasteiger partial charge in [-0.15, -0.1) is 0 Å². The van der Waals surface area contributed by atoms with E-state index in [2.05, 4.69) is 15.0 Å². The fraction of sp³-hybridized carbons (Fsp3) is 0.857. The van der Waals surface area contributed by atoms with Crippen molar-refractivity contribution < 1.29 is 12.9 Å². The first-order chi connectivity index (χ1) is 11.4. The maximum atomic E-state index is 12.5. The van der Waals surface area contributed by atoms with Crippen molar-refractivity contribution in [1.29, 1.82) is 0 Å². The number of rotatable bonds is 6. The van der Waals surface area contributed by atoms with Gasteiger partial charge in [0.2, 0.25) is 5.89 Å². The van der Waals surface area contributed by atoms with Crippen molar-refractivity contribution in [3.05, 3.63) is 11.7 Å². The van der Waals surface area contributed by atoms with Crippen LogP contribution in [0.25, 0.3) is 0 Å². The van der Waals surface area contributed by atoms with Crippen molar-refractivity contribution in [1.82, 2.24) is 23.7 Å². The highest BCUT2D eigenvalue weighted by Gasteiger charge is 2.40. The summed E-state index contributed by atoms with van der Waals surface area (Å²) in [7, 11) is -0.185. The zero-order valence-electron chi connectivity index (χ0n) is 14.4. The van der Waals surface area contributed by atoms with E-state index in [0.717, 1.165) is 25.1 Å². The van der Waals surface area contributed by atoms with E-state index in [1.807, 2.05) is 6.26 Å². The average Bonchev–Trinajstić information content (AvgIpc) is 2.77. The van der Waals surface area contributed by atoms with Crippen LogP contribution in [0.2, 0.25) is 0 Å². The van der Waals surface area contributed by atoms with Crippen LogP contribution >= 0.6 is 11.8 Å². The van der Waals surface area contributed by atoms with Gasteiger partial charge in [-0.25, -0.2) is 0 Å². The molecule has 4 heterocycles. The van der Waals surface area contributed by atoms with Gasteiger partial charge in [-0.1, -0.05) is 5.16 Å². The predicted octanol–water partition coefficient (Wildman–Crippen LogP) is 0.635. The molecule has 4 rings (SSSR count). The Hall–Kier alpha value is -0.680. The van der Waals surface area contributed by atoms with Crippen LogP contribution in [-0.2, 0) is 22.5 Å². The van der Waals surface area contributed by atoms with Crippen LogP contribution in [0, 0.1) is 5.92 Å². The second-order valence-electron chi connectivity index (χ2n) is 6.67. The van der Waals surface area contributed by atoms with Crippen LogP contribution in [0.15, 0.2) is 4.52 Å². The summed E-state index contributed by atoms with van der Waals surface area (Å²) in [5.41, 5.74) is 0. The van der Waals surface area contributed by atoms with Crippen molar-refractivity contribution in [2.24, 2.45) is 5.92 Å². The number of thioether (sulfide) groups is 1. The topological polar surface area (TPSA) is 82.8 Å². The monoisotopic (exact) mass is 375 g/mol. The summed E-state index contributed by atoms with van der Waals surface area (Å²) in [6, 6.07) is 0.203. The molecule has 0 saturated carbocycles. The Morgan fingerprint density at radius 3 is 2.79 bits per heavy atom. The zero-order valence-corrected chi connectivity index (χ0v) is 16.0. The highest BCUT2D eigenvalue weighted by atomic mass is 32.2. The first kappa shape index (κ1) is 18.1. The van der Waals surface area contributed by atoms with Gasteiger partial charge in [0.25, 0.3) is 10.2 Å². The maximum absolute atomic E-state index is 12.5. The van der Waals surface area contributed by atoms with Crippen molar-refractivity contribution in [2.75, 3.05) is 40.0 Å². The van der Waals surface area contributed by atoms with Gasteiger partial charge < -0.3 is 4.52 Å². The van der Waals surface area contributed by atoms with E-state index >= 15 is 0 Å². The number of fused-ring (bicyclic) bond motifs is 4. The molecule has 1 aromatic rings. The molecule has 3 aliphatic rings. The summed E-state index contributed by atoms with van der Waals surface area (Å²) >= 11 is 1.66. The number of hydrogen-bond acceptors (Lipinski definition) is 7. The van der Waals surface area contributed by atoms with E-state index in [1.54, 1.807) is 30.2 Å². The fourth-order valence-corrected chi connectivity index (χ4v) is 5.06. The number of nitrogens with zero attached hydrogens (tertiary/aromatic N) is 5. The highest BCUT2D eigenvalue weighted by Crippen LogP contribution is 2.30. The molecule has 8 nitrogen and oxygen atoms in total. The standard InChI is InChI=1S/C14H25N5O3S2/c1-17(2)24(20,21)19-7-11-4-5-12(8-19)18(6-11)9-14-15-13(10-23-3)16-22-14/h11-12H,4-10H2,1-3H3/t11-,12-/m1/s1. The van der Waals surface area contributed by atoms with Crippen LogP contribution in [0.4, 0.5) is 0 Å². The Morgan fingerprint density at radius 1 is 1.29 bits per heavy atom. The highest BCUT2D eigenvalue weighted by molar-refractivity contribution is 7.97. The van der Waals surface area contributed by atoms with E-state index in [0.29, 0.717) is 37.3 Å². The molecule has 2 bridgehead atoms. The molecule has 3 aliphatic heterocycles. The summed E-state index contributed by atoms with van der Waals surface area (Å²) in [5, 5.41) is 3.99. The third kappa shape index (κ3) is 3.77. The van der Waals surface area contributed by atoms with Crippen molar-refractivity contribution >= 4 is 22.0 Å². The molecule has 24 heavy (non-hydrogen) atoms. The predicted molar refractivity (Wildman–Crippen MR) is 92.6 cm³/mol.